The third kappa shape index (κ3) is 2.93. The number of hydrogen-bond donors (Lipinski definition) is 2. The number of pyridine rings is 1. The van der Waals surface area contributed by atoms with E-state index in [0.717, 1.165) is 18.9 Å². The van der Waals surface area contributed by atoms with Gasteiger partial charge < -0.3 is 24.6 Å². The monoisotopic (exact) mass is 457 g/mol. The minimum atomic E-state index is -0.983. The maximum Gasteiger partial charge on any atom is 0.276 e. The van der Waals surface area contributed by atoms with Crippen molar-refractivity contribution in [2.24, 2.45) is 11.8 Å². The number of benzene rings is 1. The standard InChI is InChI=1S/C23H21F2N3O5/c1-9(11-3-2-10(24)4-15(11)25)26-22(31)14-7-27-8-18-28(23(32)19(27)21(30)20(14)29)16-6-17(33-18)13-5-12(13)16/h2-4,7,9,12-13,16-18,30H,5-6,8H2,1H3,(H,26,31)/t9-,12+,13-,16+,17-,18+/m1/s1. The summed E-state index contributed by atoms with van der Waals surface area (Å²) >= 11 is 0. The average Bonchev–Trinajstić information content (AvgIpc) is 3.51. The summed E-state index contributed by atoms with van der Waals surface area (Å²) in [5, 5.41) is 13.1. The largest absolute Gasteiger partial charge is 0.503 e. The molecule has 6 atom stereocenters. The van der Waals surface area contributed by atoms with Crippen LogP contribution in [0.5, 0.6) is 5.75 Å². The highest BCUT2D eigenvalue weighted by atomic mass is 19.1. The van der Waals surface area contributed by atoms with Crippen LogP contribution in [-0.2, 0) is 11.3 Å². The molecule has 2 aliphatic carbocycles. The van der Waals surface area contributed by atoms with Crippen molar-refractivity contribution in [1.29, 1.82) is 0 Å². The number of aromatic hydroxyl groups is 1. The SMILES string of the molecule is C[C@@H](NC(=O)c1cn2c(c(O)c1=O)C(=O)N1[C@H](C2)O[C@@H]2C[C@H]1[C@H]1C[C@H]12)c1ccc(F)cc1F. The van der Waals surface area contributed by atoms with E-state index in [1.165, 1.54) is 23.8 Å². The van der Waals surface area contributed by atoms with Gasteiger partial charge in [-0.3, -0.25) is 14.4 Å². The summed E-state index contributed by atoms with van der Waals surface area (Å²) in [6.07, 6.45) is 2.61. The van der Waals surface area contributed by atoms with Crippen LogP contribution in [0.4, 0.5) is 8.78 Å². The molecule has 2 aliphatic heterocycles. The van der Waals surface area contributed by atoms with E-state index in [9.17, 15) is 28.3 Å². The molecule has 172 valence electrons. The zero-order chi connectivity index (χ0) is 23.2. The Hall–Kier alpha value is -3.27. The average molecular weight is 457 g/mol. The fourth-order valence-corrected chi connectivity index (χ4v) is 5.74. The molecule has 2 bridgehead atoms. The number of carbonyl (C=O) groups excluding carboxylic acids is 2. The molecular formula is C23H21F2N3O5. The number of carbonyl (C=O) groups is 2. The molecule has 33 heavy (non-hydrogen) atoms. The highest BCUT2D eigenvalue weighted by Gasteiger charge is 2.63. The van der Waals surface area contributed by atoms with E-state index >= 15 is 0 Å². The van der Waals surface area contributed by atoms with Crippen molar-refractivity contribution in [1.82, 2.24) is 14.8 Å². The van der Waals surface area contributed by atoms with Crippen molar-refractivity contribution >= 4 is 11.8 Å². The van der Waals surface area contributed by atoms with E-state index in [2.05, 4.69) is 5.32 Å². The second-order valence-electron chi connectivity index (χ2n) is 9.29. The first-order valence-corrected chi connectivity index (χ1v) is 10.9. The number of nitrogens with one attached hydrogen (secondary N) is 1. The van der Waals surface area contributed by atoms with Crippen molar-refractivity contribution in [3.63, 3.8) is 0 Å². The highest BCUT2D eigenvalue weighted by molar-refractivity contribution is 5.99. The second-order valence-corrected chi connectivity index (χ2v) is 9.29. The van der Waals surface area contributed by atoms with Gasteiger partial charge in [-0.15, -0.1) is 0 Å². The fourth-order valence-electron chi connectivity index (χ4n) is 5.74. The molecule has 10 heteroatoms. The minimum absolute atomic E-state index is 0.0440. The lowest BCUT2D eigenvalue weighted by Gasteiger charge is -2.45. The van der Waals surface area contributed by atoms with Crippen LogP contribution in [0.1, 0.15) is 52.2 Å². The molecule has 1 aromatic heterocycles. The number of halogens is 2. The molecule has 2 saturated carbocycles. The molecule has 0 unspecified atom stereocenters. The molecule has 2 N–H and O–H groups in total. The van der Waals surface area contributed by atoms with Crippen LogP contribution in [0.15, 0.2) is 29.2 Å². The maximum atomic E-state index is 14.1. The summed E-state index contributed by atoms with van der Waals surface area (Å²) in [5.74, 6) is -2.84. The van der Waals surface area contributed by atoms with Crippen LogP contribution in [0, 0.1) is 23.5 Å². The Balaban J connectivity index is 1.31. The number of amides is 2. The fraction of sp³-hybridized carbons (Fsp3) is 0.435. The molecule has 8 nitrogen and oxygen atoms in total. The van der Waals surface area contributed by atoms with Gasteiger partial charge in [0.05, 0.1) is 18.7 Å². The van der Waals surface area contributed by atoms with Crippen LogP contribution < -0.4 is 10.7 Å². The first kappa shape index (κ1) is 20.3. The number of aromatic nitrogens is 1. The lowest BCUT2D eigenvalue weighted by atomic mass is 10.0. The van der Waals surface area contributed by atoms with Crippen molar-refractivity contribution in [3.05, 3.63) is 63.1 Å². The van der Waals surface area contributed by atoms with Gasteiger partial charge in [0.25, 0.3) is 11.8 Å². The van der Waals surface area contributed by atoms with Crippen molar-refractivity contribution in [2.45, 2.75) is 50.7 Å². The normalized spacial score (nSPS) is 29.7. The summed E-state index contributed by atoms with van der Waals surface area (Å²) in [4.78, 5) is 40.5. The first-order valence-electron chi connectivity index (χ1n) is 10.9. The predicted octanol–water partition coefficient (Wildman–Crippen LogP) is 1.91. The van der Waals surface area contributed by atoms with E-state index in [4.69, 9.17) is 4.74 Å². The number of ether oxygens (including phenoxy) is 1. The van der Waals surface area contributed by atoms with Gasteiger partial charge in [0.15, 0.2) is 17.7 Å². The van der Waals surface area contributed by atoms with Gasteiger partial charge in [-0.2, -0.15) is 0 Å². The molecule has 0 radical (unpaired) electrons. The van der Waals surface area contributed by atoms with E-state index in [-0.39, 0.29) is 35.5 Å². The quantitative estimate of drug-likeness (QED) is 0.734. The van der Waals surface area contributed by atoms with E-state index in [1.807, 2.05) is 0 Å². The van der Waals surface area contributed by atoms with Crippen LogP contribution >= 0.6 is 0 Å². The Bertz CT molecular complexity index is 1280. The Morgan fingerprint density at radius 3 is 2.79 bits per heavy atom. The van der Waals surface area contributed by atoms with Crippen LogP contribution in [0.25, 0.3) is 0 Å². The van der Waals surface area contributed by atoms with Gasteiger partial charge in [0.2, 0.25) is 5.43 Å². The molecule has 3 heterocycles. The van der Waals surface area contributed by atoms with Gasteiger partial charge >= 0.3 is 0 Å². The molecule has 0 spiro atoms. The topological polar surface area (TPSA) is 101 Å². The molecule has 1 saturated heterocycles. The van der Waals surface area contributed by atoms with E-state index in [0.29, 0.717) is 17.9 Å². The summed E-state index contributed by atoms with van der Waals surface area (Å²) in [6.45, 7) is 1.67. The number of nitrogens with zero attached hydrogens (tertiary/aromatic N) is 2. The first-order chi connectivity index (χ1) is 15.7. The maximum absolute atomic E-state index is 14.1. The van der Waals surface area contributed by atoms with Gasteiger partial charge in [-0.05, 0) is 37.7 Å². The zero-order valence-corrected chi connectivity index (χ0v) is 17.6. The Labute approximate surface area is 186 Å². The highest BCUT2D eigenvalue weighted by Crippen LogP contribution is 2.58. The predicted molar refractivity (Wildman–Crippen MR) is 109 cm³/mol. The molecular weight excluding hydrogens is 436 g/mol. The Kier molecular flexibility index (Phi) is 4.23. The Morgan fingerprint density at radius 1 is 1.24 bits per heavy atom. The third-order valence-electron chi connectivity index (χ3n) is 7.40. The van der Waals surface area contributed by atoms with Gasteiger partial charge in [-0.25, -0.2) is 8.78 Å². The van der Waals surface area contributed by atoms with E-state index in [1.54, 1.807) is 4.90 Å². The summed E-state index contributed by atoms with van der Waals surface area (Å²) < 4.78 is 34.8. The summed E-state index contributed by atoms with van der Waals surface area (Å²) in [6, 6.07) is 2.15. The van der Waals surface area contributed by atoms with Crippen molar-refractivity contribution < 1.29 is 28.2 Å². The smallest absolute Gasteiger partial charge is 0.276 e. The summed E-state index contributed by atoms with van der Waals surface area (Å²) in [5.41, 5.74) is -1.48. The Morgan fingerprint density at radius 2 is 2.03 bits per heavy atom. The lowest BCUT2D eigenvalue weighted by molar-refractivity contribution is -0.144. The molecule has 4 aliphatic rings. The molecule has 3 fully saturated rings. The molecule has 6 rings (SSSR count). The van der Waals surface area contributed by atoms with Crippen LogP contribution in [0.3, 0.4) is 0 Å². The lowest BCUT2D eigenvalue weighted by Crippen LogP contribution is -2.58. The number of fused-ring (bicyclic) bond motifs is 8. The zero-order valence-electron chi connectivity index (χ0n) is 17.6. The van der Waals surface area contributed by atoms with Crippen molar-refractivity contribution in [2.75, 3.05) is 0 Å². The van der Waals surface area contributed by atoms with Crippen LogP contribution in [0.2, 0.25) is 0 Å². The van der Waals surface area contributed by atoms with Crippen LogP contribution in [-0.4, -0.2) is 44.8 Å². The van der Waals surface area contributed by atoms with Gasteiger partial charge in [-0.1, -0.05) is 6.07 Å². The van der Waals surface area contributed by atoms with E-state index < -0.39 is 46.9 Å². The van der Waals surface area contributed by atoms with Crippen molar-refractivity contribution in [3.8, 4) is 5.75 Å². The summed E-state index contributed by atoms with van der Waals surface area (Å²) in [7, 11) is 0. The second kappa shape index (κ2) is 6.86. The minimum Gasteiger partial charge on any atom is -0.503 e. The molecule has 1 aromatic carbocycles. The van der Waals surface area contributed by atoms with Gasteiger partial charge in [0, 0.05) is 23.9 Å². The number of hydrogen-bond acceptors (Lipinski definition) is 5. The van der Waals surface area contributed by atoms with Gasteiger partial charge in [0.1, 0.15) is 17.2 Å². The number of rotatable bonds is 3. The third-order valence-corrected chi connectivity index (χ3v) is 7.40. The molecule has 2 aromatic rings. The molecule has 2 amide bonds.